The van der Waals surface area contributed by atoms with Crippen molar-refractivity contribution in [1.82, 2.24) is 10.1 Å². The minimum atomic E-state index is -2.74. The molecule has 2 aliphatic rings. The number of carboxylic acid groups (broad SMARTS) is 3. The van der Waals surface area contributed by atoms with Crippen LogP contribution in [-0.4, -0.2) is 83.8 Å². The van der Waals surface area contributed by atoms with Gasteiger partial charge in [0.15, 0.2) is 5.60 Å². The Labute approximate surface area is 171 Å². The number of carboxylic acids is 3. The van der Waals surface area contributed by atoms with E-state index in [0.29, 0.717) is 0 Å². The molecule has 4 amide bonds. The van der Waals surface area contributed by atoms with Crippen LogP contribution in [0.15, 0.2) is 0 Å². The zero-order chi connectivity index (χ0) is 23.9. The van der Waals surface area contributed by atoms with E-state index in [-0.39, 0.29) is 35.8 Å². The van der Waals surface area contributed by atoms with E-state index in [4.69, 9.17) is 20.4 Å². The number of aliphatic hydroxyl groups is 1. The van der Waals surface area contributed by atoms with Crippen molar-refractivity contribution in [3.05, 3.63) is 0 Å². The maximum atomic E-state index is 11.2. The maximum absolute atomic E-state index is 11.2. The summed E-state index contributed by atoms with van der Waals surface area (Å²) in [5.41, 5.74) is -2.74. The molecular formula is C15H16N2O14. The minimum absolute atomic E-state index is 0.0618. The SMILES string of the molecule is O=C(O)CC(O)(CC(=O)O)C(=O)O.O=C(ON1C(=O)CCC1=O)ON1C(=O)CCC1=O. The molecule has 170 valence electrons. The molecule has 0 spiro atoms. The first-order valence-corrected chi connectivity index (χ1v) is 8.27. The molecule has 2 fully saturated rings. The molecule has 0 aromatic rings. The van der Waals surface area contributed by atoms with Crippen LogP contribution in [0.2, 0.25) is 0 Å². The number of amides is 4. The molecule has 16 heteroatoms. The summed E-state index contributed by atoms with van der Waals surface area (Å²) in [6.07, 6.45) is -4.02. The highest BCUT2D eigenvalue weighted by atomic mass is 16.9. The average Bonchev–Trinajstić information content (AvgIpc) is 3.11. The van der Waals surface area contributed by atoms with Crippen molar-refractivity contribution < 1.29 is 68.5 Å². The van der Waals surface area contributed by atoms with E-state index >= 15 is 0 Å². The van der Waals surface area contributed by atoms with E-state index < -0.39 is 66.1 Å². The Morgan fingerprint density at radius 1 is 0.710 bits per heavy atom. The van der Waals surface area contributed by atoms with Gasteiger partial charge in [0.1, 0.15) is 0 Å². The lowest BCUT2D eigenvalue weighted by molar-refractivity contribution is -0.198. The summed E-state index contributed by atoms with van der Waals surface area (Å²) in [7, 11) is 0. The number of carbonyl (C=O) groups is 8. The average molecular weight is 448 g/mol. The van der Waals surface area contributed by atoms with Gasteiger partial charge in [-0.1, -0.05) is 10.1 Å². The van der Waals surface area contributed by atoms with Gasteiger partial charge in [-0.3, -0.25) is 38.4 Å². The van der Waals surface area contributed by atoms with Crippen LogP contribution in [0.3, 0.4) is 0 Å². The fourth-order valence-corrected chi connectivity index (χ4v) is 2.20. The van der Waals surface area contributed by atoms with Gasteiger partial charge in [0.2, 0.25) is 0 Å². The largest absolute Gasteiger partial charge is 0.560 e. The van der Waals surface area contributed by atoms with E-state index in [2.05, 4.69) is 9.68 Å². The van der Waals surface area contributed by atoms with Gasteiger partial charge in [0, 0.05) is 25.7 Å². The molecule has 0 atom stereocenters. The Bertz CT molecular complexity index is 746. The molecule has 0 saturated carbocycles. The van der Waals surface area contributed by atoms with Crippen LogP contribution in [0.1, 0.15) is 38.5 Å². The van der Waals surface area contributed by atoms with Gasteiger partial charge >= 0.3 is 24.1 Å². The lowest BCUT2D eigenvalue weighted by Crippen LogP contribution is -2.42. The second kappa shape index (κ2) is 10.1. The monoisotopic (exact) mass is 448 g/mol. The smallest absolute Gasteiger partial charge is 0.481 e. The minimum Gasteiger partial charge on any atom is -0.481 e. The molecule has 0 aromatic heterocycles. The van der Waals surface area contributed by atoms with Crippen LogP contribution < -0.4 is 0 Å². The molecule has 0 aromatic carbocycles. The molecule has 0 radical (unpaired) electrons. The fraction of sp³-hybridized carbons (Fsp3) is 0.467. The molecule has 16 nitrogen and oxygen atoms in total. The zero-order valence-corrected chi connectivity index (χ0v) is 15.5. The van der Waals surface area contributed by atoms with Crippen LogP contribution in [-0.2, 0) is 43.2 Å². The molecule has 0 bridgehead atoms. The lowest BCUT2D eigenvalue weighted by Gasteiger charge is -2.18. The van der Waals surface area contributed by atoms with Crippen molar-refractivity contribution in [2.24, 2.45) is 0 Å². The summed E-state index contributed by atoms with van der Waals surface area (Å²) in [4.78, 5) is 94.8. The maximum Gasteiger partial charge on any atom is 0.560 e. The van der Waals surface area contributed by atoms with Gasteiger partial charge in [-0.05, 0) is 0 Å². The third-order valence-corrected chi connectivity index (χ3v) is 3.63. The van der Waals surface area contributed by atoms with Crippen molar-refractivity contribution in [2.45, 2.75) is 44.1 Å². The summed E-state index contributed by atoms with van der Waals surface area (Å²) in [6, 6.07) is 0. The molecule has 0 aliphatic carbocycles. The van der Waals surface area contributed by atoms with Crippen LogP contribution in [0.5, 0.6) is 0 Å². The van der Waals surface area contributed by atoms with Gasteiger partial charge in [0.25, 0.3) is 23.6 Å². The van der Waals surface area contributed by atoms with Crippen molar-refractivity contribution in [1.29, 1.82) is 0 Å². The predicted molar refractivity (Wildman–Crippen MR) is 86.8 cm³/mol. The van der Waals surface area contributed by atoms with E-state index in [0.717, 1.165) is 0 Å². The molecule has 2 heterocycles. The summed E-state index contributed by atoms with van der Waals surface area (Å²) < 4.78 is 0. The first kappa shape index (κ1) is 25.0. The van der Waals surface area contributed by atoms with Gasteiger partial charge in [-0.25, -0.2) is 4.79 Å². The summed E-state index contributed by atoms with van der Waals surface area (Å²) >= 11 is 0. The van der Waals surface area contributed by atoms with E-state index in [9.17, 15) is 38.4 Å². The molecular weight excluding hydrogens is 432 g/mol. The van der Waals surface area contributed by atoms with Crippen LogP contribution >= 0.6 is 0 Å². The number of nitrogens with zero attached hydrogens (tertiary/aromatic N) is 2. The Balaban J connectivity index is 0.000000330. The number of imide groups is 2. The van der Waals surface area contributed by atoms with E-state index in [1.54, 1.807) is 0 Å². The summed E-state index contributed by atoms with van der Waals surface area (Å²) in [6.45, 7) is 0. The Hall–Kier alpha value is -4.08. The molecule has 0 unspecified atom stereocenters. The number of hydrogen-bond donors (Lipinski definition) is 4. The number of hydrogen-bond acceptors (Lipinski definition) is 11. The lowest BCUT2D eigenvalue weighted by atomic mass is 9.96. The van der Waals surface area contributed by atoms with Gasteiger partial charge in [0.05, 0.1) is 12.8 Å². The summed E-state index contributed by atoms with van der Waals surface area (Å²) in [5, 5.41) is 34.3. The molecule has 2 saturated heterocycles. The number of hydroxylamine groups is 4. The van der Waals surface area contributed by atoms with Crippen molar-refractivity contribution >= 4 is 47.7 Å². The second-order valence-corrected chi connectivity index (χ2v) is 6.07. The van der Waals surface area contributed by atoms with Gasteiger partial charge < -0.3 is 20.4 Å². The third kappa shape index (κ3) is 7.03. The Morgan fingerprint density at radius 3 is 1.23 bits per heavy atom. The second-order valence-electron chi connectivity index (χ2n) is 6.07. The quantitative estimate of drug-likeness (QED) is 0.308. The van der Waals surface area contributed by atoms with E-state index in [1.807, 2.05) is 0 Å². The van der Waals surface area contributed by atoms with Crippen molar-refractivity contribution in [3.8, 4) is 0 Å². The zero-order valence-electron chi connectivity index (χ0n) is 15.5. The molecule has 2 aliphatic heterocycles. The van der Waals surface area contributed by atoms with E-state index in [1.165, 1.54) is 0 Å². The fourth-order valence-electron chi connectivity index (χ4n) is 2.20. The highest BCUT2D eigenvalue weighted by Gasteiger charge is 2.41. The topological polar surface area (TPSA) is 242 Å². The first-order valence-electron chi connectivity index (χ1n) is 8.27. The van der Waals surface area contributed by atoms with Gasteiger partial charge in [-0.15, -0.1) is 0 Å². The molecule has 4 N–H and O–H groups in total. The number of rotatable bonds is 7. The normalized spacial score (nSPS) is 16.0. The number of aliphatic carboxylic acids is 3. The third-order valence-electron chi connectivity index (χ3n) is 3.63. The van der Waals surface area contributed by atoms with Crippen LogP contribution in [0.25, 0.3) is 0 Å². The molecule has 31 heavy (non-hydrogen) atoms. The van der Waals surface area contributed by atoms with Crippen molar-refractivity contribution in [3.63, 3.8) is 0 Å². The Kier molecular flexibility index (Phi) is 8.13. The standard InChI is InChI=1S/C9H8N2O7.C6H8O7/c12-5-1-2-6(13)10(5)17-9(16)18-11-7(14)3-4-8(11)15;7-3(8)1-6(13,5(11)12)2-4(9)10/h1-4H2;13H,1-2H2,(H,7,8)(H,9,10)(H,11,12). The Morgan fingerprint density at radius 2 is 1.00 bits per heavy atom. The van der Waals surface area contributed by atoms with Gasteiger partial charge in [-0.2, -0.15) is 4.79 Å². The molecule has 2 rings (SSSR count). The predicted octanol–water partition coefficient (Wildman–Crippen LogP) is -1.98. The van der Waals surface area contributed by atoms with Crippen LogP contribution in [0.4, 0.5) is 4.79 Å². The summed E-state index contributed by atoms with van der Waals surface area (Å²) in [5.74, 6) is -7.76. The van der Waals surface area contributed by atoms with Crippen molar-refractivity contribution in [2.75, 3.05) is 0 Å². The highest BCUT2D eigenvalue weighted by molar-refractivity contribution is 6.02. The first-order chi connectivity index (χ1) is 14.3. The highest BCUT2D eigenvalue weighted by Crippen LogP contribution is 2.16. The number of carbonyl (C=O) groups excluding carboxylic acids is 5. The van der Waals surface area contributed by atoms with Crippen LogP contribution in [0, 0.1) is 0 Å².